The van der Waals surface area contributed by atoms with Crippen LogP contribution in [0.2, 0.25) is 0 Å². The van der Waals surface area contributed by atoms with E-state index < -0.39 is 0 Å². The number of unbranched alkanes of at least 4 members (excludes halogenated alkanes) is 3. The van der Waals surface area contributed by atoms with E-state index in [2.05, 4.69) is 49.6 Å². The topological polar surface area (TPSA) is 0 Å². The molecule has 2 aromatic rings. The predicted molar refractivity (Wildman–Crippen MR) is 82.3 cm³/mol. The normalized spacial score (nSPS) is 10.8. The Morgan fingerprint density at radius 2 is 1.83 bits per heavy atom. The molecule has 0 spiro atoms. The van der Waals surface area contributed by atoms with Crippen LogP contribution in [-0.4, -0.2) is 0 Å². The van der Waals surface area contributed by atoms with E-state index in [1.807, 2.05) is 11.3 Å². The van der Waals surface area contributed by atoms with Gasteiger partial charge in [-0.3, -0.25) is 0 Å². The Balaban J connectivity index is 2.10. The largest absolute Gasteiger partial charge is 0.144 e. The number of aryl methyl sites for hydroxylation is 2. The maximum atomic E-state index is 2.30. The fourth-order valence-corrected chi connectivity index (χ4v) is 3.38. The molecule has 1 heteroatoms. The zero-order valence-corrected chi connectivity index (χ0v) is 12.2. The van der Waals surface area contributed by atoms with Gasteiger partial charge in [-0.2, -0.15) is 0 Å². The molecule has 0 fully saturated rings. The molecular weight excluding hydrogens is 236 g/mol. The minimum Gasteiger partial charge on any atom is -0.144 e. The van der Waals surface area contributed by atoms with Gasteiger partial charge in [-0.05, 0) is 47.9 Å². The van der Waals surface area contributed by atoms with E-state index >= 15 is 0 Å². The fraction of sp³-hybridized carbons (Fsp3) is 0.412. The minimum atomic E-state index is 1.23. The Morgan fingerprint density at radius 3 is 2.61 bits per heavy atom. The van der Waals surface area contributed by atoms with E-state index in [1.165, 1.54) is 53.7 Å². The van der Waals surface area contributed by atoms with Gasteiger partial charge in [-0.25, -0.2) is 0 Å². The lowest BCUT2D eigenvalue weighted by Gasteiger charge is -2.07. The summed E-state index contributed by atoms with van der Waals surface area (Å²) in [7, 11) is 0. The lowest BCUT2D eigenvalue weighted by molar-refractivity contribution is 0.668. The molecule has 1 aromatic heterocycles. The van der Waals surface area contributed by atoms with Gasteiger partial charge in [0.05, 0.1) is 0 Å². The molecular formula is C17H22S. The molecule has 0 saturated carbocycles. The summed E-state index contributed by atoms with van der Waals surface area (Å²) in [6.07, 6.45) is 6.59. The van der Waals surface area contributed by atoms with E-state index in [9.17, 15) is 0 Å². The molecule has 0 nitrogen and oxygen atoms in total. The van der Waals surface area contributed by atoms with Crippen LogP contribution >= 0.6 is 11.3 Å². The second-order valence-corrected chi connectivity index (χ2v) is 5.82. The van der Waals surface area contributed by atoms with E-state index in [-0.39, 0.29) is 0 Å². The minimum absolute atomic E-state index is 1.23. The molecule has 0 unspecified atom stereocenters. The van der Waals surface area contributed by atoms with Crippen LogP contribution in [0.4, 0.5) is 0 Å². The molecule has 1 aromatic carbocycles. The lowest BCUT2D eigenvalue weighted by atomic mass is 10.0. The molecule has 0 bridgehead atoms. The molecule has 0 amide bonds. The molecule has 2 rings (SSSR count). The third-order valence-corrected chi connectivity index (χ3v) is 4.43. The van der Waals surface area contributed by atoms with E-state index in [0.29, 0.717) is 0 Å². The predicted octanol–water partition coefficient (Wildman–Crippen LogP) is 5.85. The molecule has 0 aliphatic carbocycles. The van der Waals surface area contributed by atoms with Crippen LogP contribution in [0.15, 0.2) is 35.7 Å². The maximum Gasteiger partial charge on any atom is 0.0377 e. The number of hydrogen-bond donors (Lipinski definition) is 0. The first-order valence-electron chi connectivity index (χ1n) is 6.95. The zero-order chi connectivity index (χ0) is 12.8. The molecule has 1 heterocycles. The number of thiophene rings is 1. The summed E-state index contributed by atoms with van der Waals surface area (Å²) < 4.78 is 0. The quantitative estimate of drug-likeness (QED) is 0.570. The van der Waals surface area contributed by atoms with Crippen molar-refractivity contribution in [1.29, 1.82) is 0 Å². The number of hydrogen-bond acceptors (Lipinski definition) is 1. The first kappa shape index (κ1) is 13.4. The van der Waals surface area contributed by atoms with E-state index in [0.717, 1.165) is 0 Å². The van der Waals surface area contributed by atoms with Crippen molar-refractivity contribution in [3.05, 3.63) is 46.8 Å². The molecule has 0 N–H and O–H groups in total. The van der Waals surface area contributed by atoms with Gasteiger partial charge in [0, 0.05) is 4.88 Å². The van der Waals surface area contributed by atoms with Gasteiger partial charge in [-0.1, -0.05) is 50.5 Å². The molecule has 96 valence electrons. The highest BCUT2D eigenvalue weighted by molar-refractivity contribution is 7.13. The van der Waals surface area contributed by atoms with E-state index in [1.54, 1.807) is 0 Å². The Hall–Kier alpha value is -1.08. The summed E-state index contributed by atoms with van der Waals surface area (Å²) in [6.45, 7) is 4.47. The molecule has 18 heavy (non-hydrogen) atoms. The first-order valence-corrected chi connectivity index (χ1v) is 7.83. The smallest absolute Gasteiger partial charge is 0.0377 e. The van der Waals surface area contributed by atoms with Crippen molar-refractivity contribution < 1.29 is 0 Å². The third-order valence-electron chi connectivity index (χ3n) is 3.44. The molecule has 0 aliphatic rings. The second kappa shape index (κ2) is 6.75. The van der Waals surface area contributed by atoms with Crippen molar-refractivity contribution in [2.75, 3.05) is 0 Å². The molecule has 0 atom stereocenters. The van der Waals surface area contributed by atoms with Crippen molar-refractivity contribution in [2.45, 2.75) is 46.0 Å². The van der Waals surface area contributed by atoms with Gasteiger partial charge in [0.15, 0.2) is 0 Å². The van der Waals surface area contributed by atoms with Crippen LogP contribution in [0, 0.1) is 6.92 Å². The van der Waals surface area contributed by atoms with Crippen molar-refractivity contribution in [3.8, 4) is 10.4 Å². The van der Waals surface area contributed by atoms with Crippen LogP contribution in [0.1, 0.15) is 43.7 Å². The van der Waals surface area contributed by atoms with E-state index in [4.69, 9.17) is 0 Å². The summed E-state index contributed by atoms with van der Waals surface area (Å²) in [4.78, 5) is 1.48. The van der Waals surface area contributed by atoms with Gasteiger partial charge in [0.25, 0.3) is 0 Å². The zero-order valence-electron chi connectivity index (χ0n) is 11.4. The Bertz CT molecular complexity index is 482. The fourth-order valence-electron chi connectivity index (χ4n) is 2.34. The van der Waals surface area contributed by atoms with Gasteiger partial charge in [0.1, 0.15) is 0 Å². The van der Waals surface area contributed by atoms with Crippen LogP contribution < -0.4 is 0 Å². The average Bonchev–Trinajstić information content (AvgIpc) is 2.83. The Morgan fingerprint density at radius 1 is 1.00 bits per heavy atom. The lowest BCUT2D eigenvalue weighted by Crippen LogP contribution is -1.88. The summed E-state index contributed by atoms with van der Waals surface area (Å²) in [5, 5.41) is 2.23. The number of rotatable bonds is 6. The second-order valence-electron chi connectivity index (χ2n) is 4.90. The van der Waals surface area contributed by atoms with Crippen LogP contribution in [-0.2, 0) is 6.42 Å². The van der Waals surface area contributed by atoms with Gasteiger partial charge >= 0.3 is 0 Å². The number of benzene rings is 1. The Labute approximate surface area is 115 Å². The van der Waals surface area contributed by atoms with Crippen molar-refractivity contribution in [2.24, 2.45) is 0 Å². The maximum absolute atomic E-state index is 2.30. The summed E-state index contributed by atoms with van der Waals surface area (Å²) >= 11 is 1.88. The van der Waals surface area contributed by atoms with Crippen LogP contribution in [0.3, 0.4) is 0 Å². The van der Waals surface area contributed by atoms with Gasteiger partial charge in [-0.15, -0.1) is 11.3 Å². The highest BCUT2D eigenvalue weighted by atomic mass is 32.1. The standard InChI is InChI=1S/C17H22S/c1-3-4-5-6-10-15-12-13-18-17(15)16-11-8-7-9-14(16)2/h7-9,11-13H,3-6,10H2,1-2H3. The average molecular weight is 258 g/mol. The highest BCUT2D eigenvalue weighted by Crippen LogP contribution is 2.32. The highest BCUT2D eigenvalue weighted by Gasteiger charge is 2.08. The Kier molecular flexibility index (Phi) is 5.00. The first-order chi connectivity index (χ1) is 8.83. The molecule has 0 aliphatic heterocycles. The van der Waals surface area contributed by atoms with Crippen LogP contribution in [0.5, 0.6) is 0 Å². The monoisotopic (exact) mass is 258 g/mol. The molecule has 0 radical (unpaired) electrons. The summed E-state index contributed by atoms with van der Waals surface area (Å²) in [5.74, 6) is 0. The summed E-state index contributed by atoms with van der Waals surface area (Å²) in [5.41, 5.74) is 4.33. The van der Waals surface area contributed by atoms with Crippen molar-refractivity contribution in [1.82, 2.24) is 0 Å². The SMILES string of the molecule is CCCCCCc1ccsc1-c1ccccc1C. The summed E-state index contributed by atoms with van der Waals surface area (Å²) in [6, 6.07) is 11.0. The molecule has 0 saturated heterocycles. The van der Waals surface area contributed by atoms with Crippen molar-refractivity contribution >= 4 is 11.3 Å². The van der Waals surface area contributed by atoms with Gasteiger partial charge in [0.2, 0.25) is 0 Å². The van der Waals surface area contributed by atoms with Crippen LogP contribution in [0.25, 0.3) is 10.4 Å². The third kappa shape index (κ3) is 3.23. The van der Waals surface area contributed by atoms with Crippen molar-refractivity contribution in [3.63, 3.8) is 0 Å². The van der Waals surface area contributed by atoms with Gasteiger partial charge < -0.3 is 0 Å².